The van der Waals surface area contributed by atoms with Crippen LogP contribution in [0.3, 0.4) is 0 Å². The summed E-state index contributed by atoms with van der Waals surface area (Å²) in [6.45, 7) is 1.78. The molecule has 0 bridgehead atoms. The second-order valence-electron chi connectivity index (χ2n) is 5.93. The molecule has 0 saturated heterocycles. The zero-order chi connectivity index (χ0) is 19.5. The van der Waals surface area contributed by atoms with Crippen LogP contribution < -0.4 is 5.32 Å². The predicted molar refractivity (Wildman–Crippen MR) is 103 cm³/mol. The van der Waals surface area contributed by atoms with Gasteiger partial charge in [0.1, 0.15) is 16.2 Å². The Morgan fingerprint density at radius 1 is 1.23 bits per heavy atom. The number of rotatable bonds is 7. The summed E-state index contributed by atoms with van der Waals surface area (Å²) >= 11 is 3.33. The molecule has 26 heavy (non-hydrogen) atoms. The van der Waals surface area contributed by atoms with E-state index in [-0.39, 0.29) is 17.1 Å². The zero-order valence-electron chi connectivity index (χ0n) is 14.3. The number of sulfone groups is 1. The Labute approximate surface area is 160 Å². The van der Waals surface area contributed by atoms with E-state index in [1.165, 1.54) is 18.2 Å². The third-order valence-corrected chi connectivity index (χ3v) is 5.78. The minimum Gasteiger partial charge on any atom is -0.383 e. The van der Waals surface area contributed by atoms with Crippen molar-refractivity contribution >= 4 is 37.1 Å². The quantitative estimate of drug-likeness (QED) is 0.501. The lowest BCUT2D eigenvalue weighted by Gasteiger charge is -2.28. The molecule has 1 atom stereocenters. The first-order valence-electron chi connectivity index (χ1n) is 7.78. The summed E-state index contributed by atoms with van der Waals surface area (Å²) < 4.78 is 24.5. The Bertz CT molecular complexity index is 915. The average molecular weight is 443 g/mol. The SMILES string of the molecule is CCC(O)(CNc1cccc(S(C)(=O)=O)c1[N+](=O)[O-])c1ccc(Br)cc1. The number of para-hydroxylation sites is 1. The zero-order valence-corrected chi connectivity index (χ0v) is 16.7. The molecule has 0 fully saturated rings. The van der Waals surface area contributed by atoms with Gasteiger partial charge < -0.3 is 10.4 Å². The molecule has 0 spiro atoms. The molecular formula is C17H19BrN2O5S. The summed E-state index contributed by atoms with van der Waals surface area (Å²) in [5.74, 6) is 0. The van der Waals surface area contributed by atoms with Gasteiger partial charge in [0.2, 0.25) is 0 Å². The molecule has 9 heteroatoms. The highest BCUT2D eigenvalue weighted by molar-refractivity contribution is 9.10. The summed E-state index contributed by atoms with van der Waals surface area (Å²) in [6, 6.07) is 11.2. The molecular weight excluding hydrogens is 424 g/mol. The average Bonchev–Trinajstić information content (AvgIpc) is 2.59. The first kappa shape index (κ1) is 20.3. The lowest BCUT2D eigenvalue weighted by Crippen LogP contribution is -2.33. The lowest BCUT2D eigenvalue weighted by molar-refractivity contribution is -0.386. The van der Waals surface area contributed by atoms with Gasteiger partial charge in [-0.2, -0.15) is 0 Å². The number of hydrogen-bond acceptors (Lipinski definition) is 6. The maximum Gasteiger partial charge on any atom is 0.310 e. The monoisotopic (exact) mass is 442 g/mol. The van der Waals surface area contributed by atoms with Crippen molar-refractivity contribution in [1.29, 1.82) is 0 Å². The molecule has 0 aliphatic heterocycles. The molecule has 0 saturated carbocycles. The van der Waals surface area contributed by atoms with Gasteiger partial charge in [0.25, 0.3) is 0 Å². The highest BCUT2D eigenvalue weighted by Gasteiger charge is 2.30. The van der Waals surface area contributed by atoms with Crippen molar-refractivity contribution in [1.82, 2.24) is 0 Å². The maximum atomic E-state index is 11.8. The molecule has 0 aliphatic rings. The van der Waals surface area contributed by atoms with Gasteiger partial charge in [-0.1, -0.05) is 41.1 Å². The van der Waals surface area contributed by atoms with E-state index < -0.39 is 26.0 Å². The lowest BCUT2D eigenvalue weighted by atomic mass is 9.91. The Morgan fingerprint density at radius 3 is 2.35 bits per heavy atom. The second-order valence-corrected chi connectivity index (χ2v) is 8.83. The number of hydrogen-bond donors (Lipinski definition) is 2. The number of benzene rings is 2. The number of nitrogens with zero attached hydrogens (tertiary/aromatic N) is 1. The molecule has 2 rings (SSSR count). The van der Waals surface area contributed by atoms with E-state index in [1.54, 1.807) is 31.2 Å². The van der Waals surface area contributed by atoms with E-state index in [4.69, 9.17) is 0 Å². The summed E-state index contributed by atoms with van der Waals surface area (Å²) in [5.41, 5.74) is -1.10. The minimum atomic E-state index is -3.77. The molecule has 0 aromatic heterocycles. The van der Waals surface area contributed by atoms with Crippen LogP contribution in [-0.2, 0) is 15.4 Å². The van der Waals surface area contributed by atoms with Gasteiger partial charge in [-0.3, -0.25) is 10.1 Å². The topological polar surface area (TPSA) is 110 Å². The van der Waals surface area contributed by atoms with Crippen LogP contribution in [-0.4, -0.2) is 31.2 Å². The van der Waals surface area contributed by atoms with Crippen molar-refractivity contribution in [2.75, 3.05) is 18.1 Å². The second kappa shape index (κ2) is 7.73. The summed E-state index contributed by atoms with van der Waals surface area (Å²) in [5, 5.41) is 25.2. The largest absolute Gasteiger partial charge is 0.383 e. The van der Waals surface area contributed by atoms with E-state index in [2.05, 4.69) is 21.2 Å². The fourth-order valence-corrected chi connectivity index (χ4v) is 3.71. The van der Waals surface area contributed by atoms with E-state index in [9.17, 15) is 23.6 Å². The van der Waals surface area contributed by atoms with Crippen molar-refractivity contribution in [2.45, 2.75) is 23.8 Å². The van der Waals surface area contributed by atoms with Crippen molar-refractivity contribution in [3.05, 3.63) is 62.6 Å². The van der Waals surface area contributed by atoms with Crippen LogP contribution in [0.4, 0.5) is 11.4 Å². The van der Waals surface area contributed by atoms with Gasteiger partial charge in [0, 0.05) is 17.3 Å². The number of halogens is 1. The molecule has 7 nitrogen and oxygen atoms in total. The predicted octanol–water partition coefficient (Wildman–Crippen LogP) is 3.47. The molecule has 0 radical (unpaired) electrons. The van der Waals surface area contributed by atoms with Crippen LogP contribution in [0.15, 0.2) is 51.8 Å². The molecule has 2 aromatic carbocycles. The third-order valence-electron chi connectivity index (χ3n) is 4.12. The van der Waals surface area contributed by atoms with Crippen LogP contribution in [0.2, 0.25) is 0 Å². The van der Waals surface area contributed by atoms with E-state index in [0.717, 1.165) is 10.7 Å². The summed E-state index contributed by atoms with van der Waals surface area (Å²) in [6.07, 6.45) is 1.28. The molecule has 140 valence electrons. The van der Waals surface area contributed by atoms with Crippen molar-refractivity contribution < 1.29 is 18.4 Å². The number of anilines is 1. The Balaban J connectivity index is 2.39. The number of aliphatic hydroxyl groups is 1. The Kier molecular flexibility index (Phi) is 6.05. The molecule has 1 unspecified atom stereocenters. The fourth-order valence-electron chi connectivity index (χ4n) is 2.59. The van der Waals surface area contributed by atoms with Crippen molar-refractivity contribution in [3.63, 3.8) is 0 Å². The normalized spacial score (nSPS) is 13.8. The van der Waals surface area contributed by atoms with Crippen LogP contribution in [0.5, 0.6) is 0 Å². The van der Waals surface area contributed by atoms with Gasteiger partial charge in [0.05, 0.1) is 4.92 Å². The third kappa shape index (κ3) is 4.40. The van der Waals surface area contributed by atoms with Crippen molar-refractivity contribution in [2.24, 2.45) is 0 Å². The van der Waals surface area contributed by atoms with Gasteiger partial charge in [-0.15, -0.1) is 0 Å². The molecule has 0 aliphatic carbocycles. The standard InChI is InChI=1S/C17H19BrN2O5S/c1-3-17(21,12-7-9-13(18)10-8-12)11-19-14-5-4-6-15(26(2,24)25)16(14)20(22)23/h4-10,19,21H,3,11H2,1-2H3. The van der Waals surface area contributed by atoms with E-state index >= 15 is 0 Å². The highest BCUT2D eigenvalue weighted by atomic mass is 79.9. The fraction of sp³-hybridized carbons (Fsp3) is 0.294. The van der Waals surface area contributed by atoms with Crippen molar-refractivity contribution in [3.8, 4) is 0 Å². The number of nitro benzene ring substituents is 1. The molecule has 2 N–H and O–H groups in total. The highest BCUT2D eigenvalue weighted by Crippen LogP contribution is 2.34. The van der Waals surface area contributed by atoms with Gasteiger partial charge in [-0.05, 0) is 36.2 Å². The summed E-state index contributed by atoms with van der Waals surface area (Å²) in [4.78, 5) is 10.3. The minimum absolute atomic E-state index is 0.0147. The summed E-state index contributed by atoms with van der Waals surface area (Å²) in [7, 11) is -3.77. The van der Waals surface area contributed by atoms with Crippen LogP contribution in [0.25, 0.3) is 0 Å². The van der Waals surface area contributed by atoms with E-state index in [0.29, 0.717) is 12.0 Å². The first-order valence-corrected chi connectivity index (χ1v) is 10.5. The molecule has 2 aromatic rings. The van der Waals surface area contributed by atoms with Gasteiger partial charge in [-0.25, -0.2) is 8.42 Å². The number of nitro groups is 1. The molecule has 0 heterocycles. The Morgan fingerprint density at radius 2 is 1.85 bits per heavy atom. The van der Waals surface area contributed by atoms with E-state index in [1.807, 2.05) is 0 Å². The Hall–Kier alpha value is -1.97. The first-order chi connectivity index (χ1) is 12.1. The van der Waals surface area contributed by atoms with Gasteiger partial charge >= 0.3 is 5.69 Å². The maximum absolute atomic E-state index is 11.8. The van der Waals surface area contributed by atoms with Crippen LogP contribution in [0.1, 0.15) is 18.9 Å². The molecule has 0 amide bonds. The van der Waals surface area contributed by atoms with Gasteiger partial charge in [0.15, 0.2) is 9.84 Å². The van der Waals surface area contributed by atoms with Crippen LogP contribution >= 0.6 is 15.9 Å². The number of nitrogens with one attached hydrogen (secondary N) is 1. The van der Waals surface area contributed by atoms with Crippen LogP contribution in [0, 0.1) is 10.1 Å². The smallest absolute Gasteiger partial charge is 0.310 e.